The van der Waals surface area contributed by atoms with Gasteiger partial charge in [0.1, 0.15) is 0 Å². The van der Waals surface area contributed by atoms with E-state index in [9.17, 15) is 26.3 Å². The Kier molecular flexibility index (Phi) is 5.10. The van der Waals surface area contributed by atoms with Gasteiger partial charge in [0, 0.05) is 6.20 Å². The quantitative estimate of drug-likeness (QED) is 0.660. The molecule has 0 fully saturated rings. The van der Waals surface area contributed by atoms with Gasteiger partial charge in [0.2, 0.25) is 0 Å². The number of hydrogen-bond donors (Lipinski definition) is 2. The molecule has 0 amide bonds. The molecule has 0 aromatic heterocycles. The van der Waals surface area contributed by atoms with Crippen molar-refractivity contribution >= 4 is 5.71 Å². The first-order chi connectivity index (χ1) is 9.96. The molecule has 1 aromatic carbocycles. The molecule has 122 valence electrons. The van der Waals surface area contributed by atoms with E-state index in [1.165, 1.54) is 6.92 Å². The van der Waals surface area contributed by atoms with Gasteiger partial charge in [-0.1, -0.05) is 6.07 Å². The van der Waals surface area contributed by atoms with E-state index in [1.807, 2.05) is 0 Å². The van der Waals surface area contributed by atoms with E-state index < -0.39 is 30.0 Å². The monoisotopic (exact) mass is 325 g/mol. The molecule has 0 spiro atoms. The number of halogens is 6. The molecule has 1 rings (SSSR count). The number of nitrogens with zero attached hydrogens (tertiary/aromatic N) is 1. The summed E-state index contributed by atoms with van der Waals surface area (Å²) in [5.41, 5.74) is 7.68. The molecule has 3 nitrogen and oxygen atoms in total. The summed E-state index contributed by atoms with van der Waals surface area (Å²) in [6.45, 7) is 0.962. The maximum atomic E-state index is 12.9. The van der Waals surface area contributed by atoms with Crippen molar-refractivity contribution in [1.29, 1.82) is 0 Å². The normalized spacial score (nSPS) is 14.3. The maximum Gasteiger partial charge on any atom is 0.416 e. The Morgan fingerprint density at radius 2 is 1.73 bits per heavy atom. The zero-order valence-corrected chi connectivity index (χ0v) is 11.4. The van der Waals surface area contributed by atoms with E-state index >= 15 is 0 Å². The van der Waals surface area contributed by atoms with Crippen molar-refractivity contribution in [2.45, 2.75) is 25.8 Å². The standard InChI is InChI=1S/C13H13F6N3/c1-7(11(21)5-20)22-6-8-2-3-9(12(14,15)16)4-10(8)13(17,18)19/h2-5H,6,20-21H2,1H3. The van der Waals surface area contributed by atoms with Gasteiger partial charge in [-0.15, -0.1) is 0 Å². The average Bonchev–Trinajstić information content (AvgIpc) is 2.41. The molecule has 1 aromatic rings. The van der Waals surface area contributed by atoms with Crippen molar-refractivity contribution in [2.24, 2.45) is 16.5 Å². The summed E-state index contributed by atoms with van der Waals surface area (Å²) in [5.74, 6) is 0. The van der Waals surface area contributed by atoms with Crippen LogP contribution < -0.4 is 11.5 Å². The first kappa shape index (κ1) is 17.9. The van der Waals surface area contributed by atoms with Crippen LogP contribution in [0.4, 0.5) is 26.3 Å². The lowest BCUT2D eigenvalue weighted by Crippen LogP contribution is -2.14. The SMILES string of the molecule is CC(=NCc1ccc(C(F)(F)F)cc1C(F)(F)F)C(N)=CN. The minimum Gasteiger partial charge on any atom is -0.403 e. The number of aliphatic imine (C=N–C) groups is 1. The molecular formula is C13H13F6N3. The lowest BCUT2D eigenvalue weighted by molar-refractivity contribution is -0.143. The van der Waals surface area contributed by atoms with Crippen LogP contribution in [0.15, 0.2) is 35.1 Å². The summed E-state index contributed by atoms with van der Waals surface area (Å²) in [7, 11) is 0. The predicted octanol–water partition coefficient (Wildman–Crippen LogP) is 3.44. The Balaban J connectivity index is 3.26. The molecule has 0 atom stereocenters. The number of allylic oxidation sites excluding steroid dienone is 1. The lowest BCUT2D eigenvalue weighted by Gasteiger charge is -2.15. The van der Waals surface area contributed by atoms with Gasteiger partial charge in [-0.2, -0.15) is 26.3 Å². The van der Waals surface area contributed by atoms with Crippen molar-refractivity contribution < 1.29 is 26.3 Å². The van der Waals surface area contributed by atoms with Crippen LogP contribution in [0.1, 0.15) is 23.6 Å². The minimum absolute atomic E-state index is 0.0699. The van der Waals surface area contributed by atoms with E-state index in [0.717, 1.165) is 12.3 Å². The third-order valence-electron chi connectivity index (χ3n) is 2.83. The van der Waals surface area contributed by atoms with E-state index in [4.69, 9.17) is 11.5 Å². The predicted molar refractivity (Wildman–Crippen MR) is 69.7 cm³/mol. The van der Waals surface area contributed by atoms with Crippen LogP contribution in [0.25, 0.3) is 0 Å². The minimum atomic E-state index is -4.92. The van der Waals surface area contributed by atoms with Gasteiger partial charge in [0.05, 0.1) is 29.1 Å². The average molecular weight is 325 g/mol. The molecule has 0 bridgehead atoms. The van der Waals surface area contributed by atoms with Gasteiger partial charge < -0.3 is 11.5 Å². The Morgan fingerprint density at radius 1 is 1.14 bits per heavy atom. The molecule has 0 aliphatic carbocycles. The first-order valence-corrected chi connectivity index (χ1v) is 5.93. The van der Waals surface area contributed by atoms with E-state index in [2.05, 4.69) is 4.99 Å². The van der Waals surface area contributed by atoms with E-state index in [-0.39, 0.29) is 23.0 Å². The lowest BCUT2D eigenvalue weighted by atomic mass is 10.0. The molecule has 4 N–H and O–H groups in total. The van der Waals surface area contributed by atoms with E-state index in [0.29, 0.717) is 6.07 Å². The molecule has 0 radical (unpaired) electrons. The van der Waals surface area contributed by atoms with Crippen LogP contribution in [0, 0.1) is 0 Å². The largest absolute Gasteiger partial charge is 0.416 e. The third kappa shape index (κ3) is 4.40. The van der Waals surface area contributed by atoms with Gasteiger partial charge >= 0.3 is 12.4 Å². The summed E-state index contributed by atoms with van der Waals surface area (Å²) in [4.78, 5) is 3.79. The Bertz CT molecular complexity index is 599. The Hall–Kier alpha value is -2.19. The second kappa shape index (κ2) is 6.29. The van der Waals surface area contributed by atoms with Crippen molar-refractivity contribution in [2.75, 3.05) is 0 Å². The van der Waals surface area contributed by atoms with Crippen LogP contribution in [-0.2, 0) is 18.9 Å². The first-order valence-electron chi connectivity index (χ1n) is 5.93. The number of benzene rings is 1. The summed E-state index contributed by atoms with van der Waals surface area (Å²) in [5, 5.41) is 0. The molecule has 22 heavy (non-hydrogen) atoms. The molecule has 9 heteroatoms. The summed E-state index contributed by atoms with van der Waals surface area (Å²) in [6.07, 6.45) is -8.75. The fraction of sp³-hybridized carbons (Fsp3) is 0.308. The van der Waals surface area contributed by atoms with Crippen LogP contribution in [0.2, 0.25) is 0 Å². The van der Waals surface area contributed by atoms with Crippen molar-refractivity contribution in [3.8, 4) is 0 Å². The van der Waals surface area contributed by atoms with Crippen LogP contribution in [0.3, 0.4) is 0 Å². The number of rotatable bonds is 3. The number of nitrogens with two attached hydrogens (primary N) is 2. The van der Waals surface area contributed by atoms with Crippen LogP contribution in [-0.4, -0.2) is 5.71 Å². The zero-order valence-electron chi connectivity index (χ0n) is 11.4. The maximum absolute atomic E-state index is 12.9. The molecular weight excluding hydrogens is 312 g/mol. The highest BCUT2D eigenvalue weighted by atomic mass is 19.4. The van der Waals surface area contributed by atoms with Gasteiger partial charge in [0.25, 0.3) is 0 Å². The van der Waals surface area contributed by atoms with Gasteiger partial charge in [0.15, 0.2) is 0 Å². The fourth-order valence-electron chi connectivity index (χ4n) is 1.57. The van der Waals surface area contributed by atoms with Gasteiger partial charge in [-0.05, 0) is 24.6 Å². The fourth-order valence-corrected chi connectivity index (χ4v) is 1.57. The topological polar surface area (TPSA) is 64.4 Å². The highest BCUT2D eigenvalue weighted by Gasteiger charge is 2.37. The smallest absolute Gasteiger partial charge is 0.403 e. The number of hydrogen-bond acceptors (Lipinski definition) is 3. The highest BCUT2D eigenvalue weighted by Crippen LogP contribution is 2.37. The third-order valence-corrected chi connectivity index (χ3v) is 2.83. The molecule has 0 aliphatic rings. The number of alkyl halides is 6. The van der Waals surface area contributed by atoms with Crippen LogP contribution >= 0.6 is 0 Å². The molecule has 0 saturated carbocycles. The van der Waals surface area contributed by atoms with Gasteiger partial charge in [-0.25, -0.2) is 0 Å². The molecule has 0 saturated heterocycles. The Morgan fingerprint density at radius 3 is 2.18 bits per heavy atom. The highest BCUT2D eigenvalue weighted by molar-refractivity contribution is 5.97. The summed E-state index contributed by atoms with van der Waals surface area (Å²) < 4.78 is 76.2. The zero-order chi connectivity index (χ0) is 17.1. The van der Waals surface area contributed by atoms with E-state index in [1.54, 1.807) is 0 Å². The van der Waals surface area contributed by atoms with Crippen molar-refractivity contribution in [1.82, 2.24) is 0 Å². The molecule has 0 heterocycles. The molecule has 0 aliphatic heterocycles. The van der Waals surface area contributed by atoms with Crippen molar-refractivity contribution in [3.05, 3.63) is 46.8 Å². The Labute approximate surface area is 122 Å². The van der Waals surface area contributed by atoms with Crippen molar-refractivity contribution in [3.63, 3.8) is 0 Å². The summed E-state index contributed by atoms with van der Waals surface area (Å²) >= 11 is 0. The second-order valence-electron chi connectivity index (χ2n) is 4.39. The summed E-state index contributed by atoms with van der Waals surface area (Å²) in [6, 6.07) is 1.41. The molecule has 0 unspecified atom stereocenters. The van der Waals surface area contributed by atoms with Gasteiger partial charge in [-0.3, -0.25) is 4.99 Å². The second-order valence-corrected chi connectivity index (χ2v) is 4.39. The van der Waals surface area contributed by atoms with Crippen LogP contribution in [0.5, 0.6) is 0 Å².